The van der Waals surface area contributed by atoms with Crippen molar-refractivity contribution in [2.24, 2.45) is 23.7 Å². The van der Waals surface area contributed by atoms with E-state index in [1.54, 1.807) is 6.92 Å². The molecule has 2 nitrogen and oxygen atoms in total. The number of fused-ring (bicyclic) bond motifs is 1. The van der Waals surface area contributed by atoms with Gasteiger partial charge in [-0.25, -0.2) is 0 Å². The molecule has 0 amide bonds. The Morgan fingerprint density at radius 2 is 2.54 bits per heavy atom. The van der Waals surface area contributed by atoms with Crippen LogP contribution in [0.1, 0.15) is 13.3 Å². The van der Waals surface area contributed by atoms with Crippen molar-refractivity contribution in [2.45, 2.75) is 18.9 Å². The van der Waals surface area contributed by atoms with Gasteiger partial charge in [-0.15, -0.1) is 0 Å². The van der Waals surface area contributed by atoms with E-state index in [0.717, 1.165) is 29.9 Å². The lowest BCUT2D eigenvalue weighted by Crippen LogP contribution is -2.72. The molecule has 3 fully saturated rings. The molecule has 4 rings (SSSR count). The highest BCUT2D eigenvalue weighted by molar-refractivity contribution is 5.98. The molecule has 1 aliphatic heterocycles. The number of rotatable bonds is 1. The van der Waals surface area contributed by atoms with Crippen molar-refractivity contribution in [3.8, 4) is 0 Å². The zero-order valence-electron chi connectivity index (χ0n) is 7.62. The molecular weight excluding hydrogens is 164 g/mol. The summed E-state index contributed by atoms with van der Waals surface area (Å²) in [5.74, 6) is 3.21. The minimum absolute atomic E-state index is 0.0561. The van der Waals surface area contributed by atoms with Gasteiger partial charge in [0.05, 0.1) is 6.61 Å². The molecule has 5 atom stereocenters. The molecule has 1 heterocycles. The van der Waals surface area contributed by atoms with E-state index in [4.69, 9.17) is 4.74 Å². The van der Waals surface area contributed by atoms with E-state index in [1.807, 2.05) is 0 Å². The Morgan fingerprint density at radius 1 is 1.69 bits per heavy atom. The number of ether oxygens (including phenoxy) is 1. The van der Waals surface area contributed by atoms with Crippen LogP contribution < -0.4 is 0 Å². The summed E-state index contributed by atoms with van der Waals surface area (Å²) in [6.45, 7) is 2.57. The standard InChI is InChI=1S/C11H12O2/c1-5(12)8-3-9-7-2-6-4-13-11(8,9)10(6)7/h3,6-7,9-10H,2,4H2,1H3/t6-,7+,9+,10+,11-/m1/s1. The average molecular weight is 176 g/mol. The summed E-state index contributed by atoms with van der Waals surface area (Å²) < 4.78 is 5.88. The summed E-state index contributed by atoms with van der Waals surface area (Å²) in [4.78, 5) is 11.3. The molecule has 68 valence electrons. The van der Waals surface area contributed by atoms with Gasteiger partial charge in [0.1, 0.15) is 5.60 Å². The predicted molar refractivity (Wildman–Crippen MR) is 46.0 cm³/mol. The predicted octanol–water partition coefficient (Wildman–Crippen LogP) is 1.17. The lowest BCUT2D eigenvalue weighted by molar-refractivity contribution is -0.192. The lowest BCUT2D eigenvalue weighted by atomic mass is 9.35. The fourth-order valence-corrected chi connectivity index (χ4v) is 4.16. The Labute approximate surface area is 77.0 Å². The maximum atomic E-state index is 11.3. The first-order valence-corrected chi connectivity index (χ1v) is 5.12. The maximum Gasteiger partial charge on any atom is 0.158 e. The van der Waals surface area contributed by atoms with Crippen LogP contribution >= 0.6 is 0 Å². The molecular formula is C11H12O2. The van der Waals surface area contributed by atoms with E-state index in [-0.39, 0.29) is 11.4 Å². The second kappa shape index (κ2) is 1.63. The van der Waals surface area contributed by atoms with Gasteiger partial charge in [0.15, 0.2) is 5.78 Å². The number of hydrogen-bond donors (Lipinski definition) is 0. The zero-order chi connectivity index (χ0) is 8.79. The second-order valence-electron chi connectivity index (χ2n) is 4.95. The summed E-state index contributed by atoms with van der Waals surface area (Å²) in [5.41, 5.74) is 0.931. The summed E-state index contributed by atoms with van der Waals surface area (Å²) in [6, 6.07) is 0. The first-order chi connectivity index (χ1) is 6.25. The molecule has 0 bridgehead atoms. The van der Waals surface area contributed by atoms with Crippen LogP contribution in [0.15, 0.2) is 11.6 Å². The van der Waals surface area contributed by atoms with Crippen LogP contribution in [0.3, 0.4) is 0 Å². The Balaban J connectivity index is 1.83. The number of hydrogen-bond acceptors (Lipinski definition) is 2. The molecule has 3 aliphatic carbocycles. The molecule has 0 aromatic rings. The second-order valence-corrected chi connectivity index (χ2v) is 4.95. The van der Waals surface area contributed by atoms with E-state index in [0.29, 0.717) is 5.92 Å². The quantitative estimate of drug-likeness (QED) is 0.599. The number of Topliss-reactive ketones (excluding diaryl/α,β-unsaturated/α-hetero) is 1. The van der Waals surface area contributed by atoms with Gasteiger partial charge in [-0.05, 0) is 25.2 Å². The molecule has 1 spiro atoms. The maximum absolute atomic E-state index is 11.3. The Kier molecular flexibility index (Phi) is 0.850. The van der Waals surface area contributed by atoms with E-state index < -0.39 is 0 Å². The van der Waals surface area contributed by atoms with Crippen LogP contribution in [0.4, 0.5) is 0 Å². The first kappa shape index (κ1) is 6.77. The van der Waals surface area contributed by atoms with Crippen LogP contribution in [0, 0.1) is 23.7 Å². The van der Waals surface area contributed by atoms with Gasteiger partial charge in [-0.1, -0.05) is 6.08 Å². The Morgan fingerprint density at radius 3 is 3.31 bits per heavy atom. The Bertz CT molecular complexity index is 357. The van der Waals surface area contributed by atoms with Gasteiger partial charge in [-0.2, -0.15) is 0 Å². The van der Waals surface area contributed by atoms with Crippen molar-refractivity contribution in [1.82, 2.24) is 0 Å². The van der Waals surface area contributed by atoms with Crippen LogP contribution in [-0.2, 0) is 9.53 Å². The van der Waals surface area contributed by atoms with E-state index in [2.05, 4.69) is 6.08 Å². The van der Waals surface area contributed by atoms with Gasteiger partial charge in [0, 0.05) is 17.4 Å². The smallest absolute Gasteiger partial charge is 0.158 e. The van der Waals surface area contributed by atoms with Gasteiger partial charge in [0.25, 0.3) is 0 Å². The van der Waals surface area contributed by atoms with Crippen molar-refractivity contribution < 1.29 is 9.53 Å². The van der Waals surface area contributed by atoms with Crippen molar-refractivity contribution in [3.63, 3.8) is 0 Å². The number of ketones is 1. The third-order valence-corrected chi connectivity index (χ3v) is 4.68. The number of carbonyl (C=O) groups is 1. The highest BCUT2D eigenvalue weighted by Crippen LogP contribution is 2.75. The van der Waals surface area contributed by atoms with Crippen LogP contribution in [0.25, 0.3) is 0 Å². The van der Waals surface area contributed by atoms with Crippen LogP contribution in [0.2, 0.25) is 0 Å². The molecule has 13 heavy (non-hydrogen) atoms. The molecule has 2 heteroatoms. The van der Waals surface area contributed by atoms with Gasteiger partial charge < -0.3 is 4.74 Å². The monoisotopic (exact) mass is 176 g/mol. The highest BCUT2D eigenvalue weighted by Gasteiger charge is 2.78. The minimum Gasteiger partial charge on any atom is -0.369 e. The molecule has 4 aliphatic rings. The average Bonchev–Trinajstić information content (AvgIpc) is 2.24. The Hall–Kier alpha value is -0.630. The molecule has 0 unspecified atom stereocenters. The largest absolute Gasteiger partial charge is 0.369 e. The molecule has 1 saturated heterocycles. The fraction of sp³-hybridized carbons (Fsp3) is 0.727. The van der Waals surface area contributed by atoms with Crippen molar-refractivity contribution in [3.05, 3.63) is 11.6 Å². The molecule has 0 N–H and O–H groups in total. The first-order valence-electron chi connectivity index (χ1n) is 5.12. The molecule has 0 aromatic heterocycles. The zero-order valence-corrected chi connectivity index (χ0v) is 7.62. The summed E-state index contributed by atoms with van der Waals surface area (Å²) >= 11 is 0. The van der Waals surface area contributed by atoms with E-state index >= 15 is 0 Å². The molecule has 0 radical (unpaired) electrons. The third kappa shape index (κ3) is 0.445. The number of carbonyl (C=O) groups excluding carboxylic acids is 1. The molecule has 0 aromatic carbocycles. The fourth-order valence-electron chi connectivity index (χ4n) is 4.16. The van der Waals surface area contributed by atoms with E-state index in [1.165, 1.54) is 6.42 Å². The normalized spacial score (nSPS) is 59.3. The minimum atomic E-state index is -0.0561. The summed E-state index contributed by atoms with van der Waals surface area (Å²) in [6.07, 6.45) is 3.50. The highest BCUT2D eigenvalue weighted by atomic mass is 16.5. The SMILES string of the molecule is CC(=O)C1=C[C@H]2[C@@H]3C[C@@H]4CO[C@]12[C@@H]43. The lowest BCUT2D eigenvalue weighted by Gasteiger charge is -2.68. The van der Waals surface area contributed by atoms with Gasteiger partial charge in [-0.3, -0.25) is 4.79 Å². The van der Waals surface area contributed by atoms with Crippen LogP contribution in [-0.4, -0.2) is 18.0 Å². The van der Waals surface area contributed by atoms with Crippen molar-refractivity contribution >= 4 is 5.78 Å². The molecule has 2 saturated carbocycles. The van der Waals surface area contributed by atoms with Crippen molar-refractivity contribution in [2.75, 3.05) is 6.61 Å². The van der Waals surface area contributed by atoms with Gasteiger partial charge >= 0.3 is 0 Å². The van der Waals surface area contributed by atoms with Crippen LogP contribution in [0.5, 0.6) is 0 Å². The summed E-state index contributed by atoms with van der Waals surface area (Å²) in [5, 5.41) is 0. The van der Waals surface area contributed by atoms with Gasteiger partial charge in [0.2, 0.25) is 0 Å². The van der Waals surface area contributed by atoms with Crippen molar-refractivity contribution in [1.29, 1.82) is 0 Å². The van der Waals surface area contributed by atoms with E-state index in [9.17, 15) is 4.79 Å². The topological polar surface area (TPSA) is 26.3 Å². The third-order valence-electron chi connectivity index (χ3n) is 4.68. The summed E-state index contributed by atoms with van der Waals surface area (Å²) in [7, 11) is 0.